The predicted octanol–water partition coefficient (Wildman–Crippen LogP) is 2.99. The lowest BCUT2D eigenvalue weighted by atomic mass is 10.1. The number of carbonyl (C=O) groups is 1. The summed E-state index contributed by atoms with van der Waals surface area (Å²) in [7, 11) is 1.41. The van der Waals surface area contributed by atoms with Crippen molar-refractivity contribution in [2.45, 2.75) is 19.4 Å². The fraction of sp³-hybridized carbons (Fsp3) is 0.278. The van der Waals surface area contributed by atoms with Crippen LogP contribution in [-0.4, -0.2) is 30.5 Å². The van der Waals surface area contributed by atoms with Crippen LogP contribution in [0.1, 0.15) is 12.5 Å². The molecule has 2 aromatic rings. The number of rotatable bonds is 5. The van der Waals surface area contributed by atoms with Gasteiger partial charge in [-0.2, -0.15) is 0 Å². The van der Waals surface area contributed by atoms with E-state index in [1.807, 2.05) is 18.2 Å². The van der Waals surface area contributed by atoms with E-state index in [4.69, 9.17) is 4.74 Å². The van der Waals surface area contributed by atoms with Gasteiger partial charge in [-0.05, 0) is 31.0 Å². The summed E-state index contributed by atoms with van der Waals surface area (Å²) in [5.74, 6) is 0.0631. The number of amides is 1. The second kappa shape index (κ2) is 6.80. The Kier molecular flexibility index (Phi) is 4.56. The Bertz CT molecular complexity index is 822. The number of hydrogen-bond donors (Lipinski definition) is 1. The highest BCUT2D eigenvalue weighted by atomic mass is 16.6. The molecule has 0 spiro atoms. The maximum Gasteiger partial charge on any atom is 0.273 e. The van der Waals surface area contributed by atoms with Crippen molar-refractivity contribution in [3.8, 4) is 5.75 Å². The molecule has 2 aromatic carbocycles. The third-order valence-electron chi connectivity index (χ3n) is 4.33. The van der Waals surface area contributed by atoms with Gasteiger partial charge >= 0.3 is 0 Å². The molecule has 1 heterocycles. The minimum Gasteiger partial charge on any atom is -0.494 e. The van der Waals surface area contributed by atoms with Crippen LogP contribution in [0.5, 0.6) is 5.75 Å². The van der Waals surface area contributed by atoms with E-state index in [0.717, 1.165) is 12.1 Å². The molecule has 1 aliphatic rings. The highest BCUT2D eigenvalue weighted by Crippen LogP contribution is 2.32. The quantitative estimate of drug-likeness (QED) is 0.667. The molecular weight excluding hydrogens is 322 g/mol. The lowest BCUT2D eigenvalue weighted by Gasteiger charge is -2.24. The van der Waals surface area contributed by atoms with Gasteiger partial charge in [0, 0.05) is 17.8 Å². The second-order valence-electron chi connectivity index (χ2n) is 6.00. The highest BCUT2D eigenvalue weighted by molar-refractivity contribution is 5.96. The summed E-state index contributed by atoms with van der Waals surface area (Å²) >= 11 is 0. The first-order chi connectivity index (χ1) is 12.0. The maximum absolute atomic E-state index is 12.5. The van der Waals surface area contributed by atoms with Crippen LogP contribution in [-0.2, 0) is 11.2 Å². The van der Waals surface area contributed by atoms with Gasteiger partial charge in [-0.3, -0.25) is 14.9 Å². The molecule has 0 saturated carbocycles. The number of para-hydroxylation sites is 1. The van der Waals surface area contributed by atoms with Crippen molar-refractivity contribution in [2.75, 3.05) is 23.9 Å². The van der Waals surface area contributed by atoms with E-state index in [2.05, 4.69) is 23.2 Å². The lowest BCUT2D eigenvalue weighted by Crippen LogP contribution is -2.37. The molecular formula is C18H19N3O4. The summed E-state index contributed by atoms with van der Waals surface area (Å²) in [6.45, 7) is 2.29. The molecule has 7 heteroatoms. The van der Waals surface area contributed by atoms with Gasteiger partial charge in [0.25, 0.3) is 5.69 Å². The number of methoxy groups -OCH3 is 1. The van der Waals surface area contributed by atoms with Crippen LogP contribution in [0.15, 0.2) is 42.5 Å². The number of carbonyl (C=O) groups excluding carboxylic acids is 1. The van der Waals surface area contributed by atoms with E-state index in [1.165, 1.54) is 30.9 Å². The van der Waals surface area contributed by atoms with Gasteiger partial charge in [0.15, 0.2) is 0 Å². The summed E-state index contributed by atoms with van der Waals surface area (Å²) < 4.78 is 5.15. The lowest BCUT2D eigenvalue weighted by molar-refractivity contribution is -0.384. The van der Waals surface area contributed by atoms with Crippen LogP contribution in [0.3, 0.4) is 0 Å². The van der Waals surface area contributed by atoms with E-state index in [-0.39, 0.29) is 29.9 Å². The molecule has 0 aromatic heterocycles. The van der Waals surface area contributed by atoms with Gasteiger partial charge in [-0.1, -0.05) is 18.2 Å². The molecule has 130 valence electrons. The number of nitro benzene ring substituents is 1. The van der Waals surface area contributed by atoms with E-state index >= 15 is 0 Å². The summed E-state index contributed by atoms with van der Waals surface area (Å²) in [6.07, 6.45) is 0.907. The van der Waals surface area contributed by atoms with Crippen LogP contribution in [0.4, 0.5) is 17.1 Å². The average molecular weight is 341 g/mol. The van der Waals surface area contributed by atoms with Gasteiger partial charge in [0.05, 0.1) is 30.3 Å². The molecule has 3 rings (SSSR count). The molecule has 1 amide bonds. The van der Waals surface area contributed by atoms with Crippen molar-refractivity contribution >= 4 is 23.0 Å². The van der Waals surface area contributed by atoms with Crippen LogP contribution in [0.2, 0.25) is 0 Å². The Morgan fingerprint density at radius 1 is 1.36 bits per heavy atom. The van der Waals surface area contributed by atoms with Crippen molar-refractivity contribution in [1.82, 2.24) is 0 Å². The van der Waals surface area contributed by atoms with E-state index in [1.54, 1.807) is 0 Å². The van der Waals surface area contributed by atoms with Gasteiger partial charge < -0.3 is 15.0 Å². The first-order valence-electron chi connectivity index (χ1n) is 7.96. The summed E-state index contributed by atoms with van der Waals surface area (Å²) in [5, 5.41) is 13.6. The Morgan fingerprint density at radius 2 is 2.12 bits per heavy atom. The standard InChI is InChI=1S/C18H19N3O4/c1-12-9-13-5-3-4-6-16(13)20(12)11-18(22)19-15-8-7-14(21(23)24)10-17(15)25-2/h3-8,10,12H,9,11H2,1-2H3,(H,19,22). The molecule has 1 unspecified atom stereocenters. The Morgan fingerprint density at radius 3 is 2.84 bits per heavy atom. The van der Waals surface area contributed by atoms with Crippen molar-refractivity contribution in [1.29, 1.82) is 0 Å². The normalized spacial score (nSPS) is 15.6. The van der Waals surface area contributed by atoms with Crippen LogP contribution >= 0.6 is 0 Å². The summed E-state index contributed by atoms with van der Waals surface area (Å²) in [5.41, 5.74) is 2.63. The predicted molar refractivity (Wildman–Crippen MR) is 95.2 cm³/mol. The highest BCUT2D eigenvalue weighted by Gasteiger charge is 2.27. The Labute approximate surface area is 145 Å². The molecule has 0 radical (unpaired) electrons. The Balaban J connectivity index is 1.74. The molecule has 7 nitrogen and oxygen atoms in total. The number of anilines is 2. The molecule has 1 aliphatic heterocycles. The number of nitro groups is 1. The second-order valence-corrected chi connectivity index (χ2v) is 6.00. The zero-order valence-electron chi connectivity index (χ0n) is 14.1. The molecule has 0 fully saturated rings. The van der Waals surface area contributed by atoms with Crippen molar-refractivity contribution < 1.29 is 14.5 Å². The SMILES string of the molecule is COc1cc([N+](=O)[O-])ccc1NC(=O)CN1c2ccccc2CC1C. The number of ether oxygens (including phenoxy) is 1. The minimum absolute atomic E-state index is 0.0862. The van der Waals surface area contributed by atoms with Gasteiger partial charge in [0.1, 0.15) is 5.75 Å². The number of hydrogen-bond acceptors (Lipinski definition) is 5. The zero-order valence-corrected chi connectivity index (χ0v) is 14.1. The zero-order chi connectivity index (χ0) is 18.0. The fourth-order valence-corrected chi connectivity index (χ4v) is 3.11. The first-order valence-corrected chi connectivity index (χ1v) is 7.96. The van der Waals surface area contributed by atoms with E-state index in [0.29, 0.717) is 5.69 Å². The average Bonchev–Trinajstić information content (AvgIpc) is 2.90. The molecule has 0 bridgehead atoms. The van der Waals surface area contributed by atoms with Crippen LogP contribution in [0.25, 0.3) is 0 Å². The molecule has 0 aliphatic carbocycles. The van der Waals surface area contributed by atoms with Crippen molar-refractivity contribution in [2.24, 2.45) is 0 Å². The first kappa shape index (κ1) is 16.8. The van der Waals surface area contributed by atoms with E-state index in [9.17, 15) is 14.9 Å². The van der Waals surface area contributed by atoms with Crippen LogP contribution < -0.4 is 15.0 Å². The molecule has 25 heavy (non-hydrogen) atoms. The maximum atomic E-state index is 12.5. The fourth-order valence-electron chi connectivity index (χ4n) is 3.11. The van der Waals surface area contributed by atoms with E-state index < -0.39 is 4.92 Å². The number of fused-ring (bicyclic) bond motifs is 1. The van der Waals surface area contributed by atoms with Crippen molar-refractivity contribution in [3.63, 3.8) is 0 Å². The number of nitrogens with one attached hydrogen (secondary N) is 1. The van der Waals surface area contributed by atoms with Crippen LogP contribution in [0, 0.1) is 10.1 Å². The number of nitrogens with zero attached hydrogens (tertiary/aromatic N) is 2. The monoisotopic (exact) mass is 341 g/mol. The molecule has 1 atom stereocenters. The number of non-ortho nitro benzene ring substituents is 1. The van der Waals surface area contributed by atoms with Crippen molar-refractivity contribution in [3.05, 3.63) is 58.1 Å². The number of benzene rings is 2. The molecule has 1 N–H and O–H groups in total. The van der Waals surface area contributed by atoms with Gasteiger partial charge in [-0.15, -0.1) is 0 Å². The van der Waals surface area contributed by atoms with Gasteiger partial charge in [-0.25, -0.2) is 0 Å². The minimum atomic E-state index is -0.503. The third-order valence-corrected chi connectivity index (χ3v) is 4.33. The summed E-state index contributed by atoms with van der Waals surface area (Å²) in [6, 6.07) is 12.4. The summed E-state index contributed by atoms with van der Waals surface area (Å²) in [4.78, 5) is 24.9. The molecule has 0 saturated heterocycles. The van der Waals surface area contributed by atoms with Gasteiger partial charge in [0.2, 0.25) is 5.91 Å². The smallest absolute Gasteiger partial charge is 0.273 e. The third kappa shape index (κ3) is 3.40. The largest absolute Gasteiger partial charge is 0.494 e. The Hall–Kier alpha value is -3.09. The topological polar surface area (TPSA) is 84.7 Å².